The predicted molar refractivity (Wildman–Crippen MR) is 78.3 cm³/mol. The van der Waals surface area contributed by atoms with Crippen LogP contribution in [0.5, 0.6) is 0 Å². The Balaban J connectivity index is 1.73. The third kappa shape index (κ3) is 4.32. The van der Waals surface area contributed by atoms with E-state index in [-0.39, 0.29) is 12.3 Å². The molecule has 20 heavy (non-hydrogen) atoms. The summed E-state index contributed by atoms with van der Waals surface area (Å²) in [6.07, 6.45) is 0.762. The van der Waals surface area contributed by atoms with Gasteiger partial charge in [-0.3, -0.25) is 4.79 Å². The molecule has 106 valence electrons. The molecule has 1 heterocycles. The summed E-state index contributed by atoms with van der Waals surface area (Å²) in [6.45, 7) is 0.340. The van der Waals surface area contributed by atoms with Gasteiger partial charge in [0.15, 0.2) is 0 Å². The normalized spacial score (nSPS) is 10.4. The maximum Gasteiger partial charge on any atom is 0.250 e. The molecule has 2 aromatic rings. The van der Waals surface area contributed by atoms with Gasteiger partial charge in [-0.25, -0.2) is 4.39 Å². The van der Waals surface area contributed by atoms with Crippen molar-refractivity contribution in [2.75, 3.05) is 24.3 Å². The number of thiophene rings is 1. The molecule has 0 aliphatic heterocycles. The Morgan fingerprint density at radius 3 is 3.00 bits per heavy atom. The van der Waals surface area contributed by atoms with Gasteiger partial charge in [0.05, 0.1) is 12.3 Å². The largest absolute Gasteiger partial charge is 0.399 e. The monoisotopic (exact) mass is 294 g/mol. The standard InChI is InChI=1S/C14H15FN2O2S/c15-12-4-3-10(16)8-13(12)17-14(18)9-19-6-5-11-2-1-7-20-11/h1-4,7-8H,5-6,9,16H2,(H,17,18). The zero-order chi connectivity index (χ0) is 14.4. The van der Waals surface area contributed by atoms with Crippen molar-refractivity contribution >= 4 is 28.6 Å². The van der Waals surface area contributed by atoms with Crippen molar-refractivity contribution in [3.05, 3.63) is 46.4 Å². The number of ether oxygens (including phenoxy) is 1. The molecule has 1 amide bonds. The minimum Gasteiger partial charge on any atom is -0.399 e. The van der Waals surface area contributed by atoms with E-state index in [1.165, 1.54) is 23.1 Å². The summed E-state index contributed by atoms with van der Waals surface area (Å²) in [4.78, 5) is 12.8. The maximum absolute atomic E-state index is 13.4. The van der Waals surface area contributed by atoms with Crippen molar-refractivity contribution in [1.29, 1.82) is 0 Å². The molecular formula is C14H15FN2O2S. The van der Waals surface area contributed by atoms with Gasteiger partial charge in [0.1, 0.15) is 12.4 Å². The van der Waals surface area contributed by atoms with Crippen LogP contribution < -0.4 is 11.1 Å². The molecule has 0 atom stereocenters. The van der Waals surface area contributed by atoms with E-state index >= 15 is 0 Å². The number of benzene rings is 1. The summed E-state index contributed by atoms with van der Waals surface area (Å²) in [6, 6.07) is 8.00. The van der Waals surface area contributed by atoms with Gasteiger partial charge in [0, 0.05) is 17.0 Å². The number of nitrogens with two attached hydrogens (primary N) is 1. The molecule has 3 N–H and O–H groups in total. The van der Waals surface area contributed by atoms with Crippen molar-refractivity contribution in [1.82, 2.24) is 0 Å². The number of nitrogen functional groups attached to an aromatic ring is 1. The van der Waals surface area contributed by atoms with E-state index in [4.69, 9.17) is 10.5 Å². The first kappa shape index (κ1) is 14.5. The molecule has 4 nitrogen and oxygen atoms in total. The molecule has 1 aromatic carbocycles. The van der Waals surface area contributed by atoms with E-state index in [0.717, 1.165) is 6.42 Å². The van der Waals surface area contributed by atoms with E-state index in [1.807, 2.05) is 17.5 Å². The number of carbonyl (C=O) groups is 1. The van der Waals surface area contributed by atoms with Crippen molar-refractivity contribution in [3.63, 3.8) is 0 Å². The highest BCUT2D eigenvalue weighted by molar-refractivity contribution is 7.09. The van der Waals surface area contributed by atoms with Crippen LogP contribution in [0.3, 0.4) is 0 Å². The molecule has 0 saturated heterocycles. The van der Waals surface area contributed by atoms with Gasteiger partial charge < -0.3 is 15.8 Å². The zero-order valence-corrected chi connectivity index (χ0v) is 11.6. The summed E-state index contributed by atoms with van der Waals surface area (Å²) in [7, 11) is 0. The quantitative estimate of drug-likeness (QED) is 0.636. The van der Waals surface area contributed by atoms with Crippen LogP contribution in [-0.4, -0.2) is 19.1 Å². The summed E-state index contributed by atoms with van der Waals surface area (Å²) in [5, 5.41) is 4.42. The number of halogens is 1. The minimum absolute atomic E-state index is 0.0665. The van der Waals surface area contributed by atoms with Crippen LogP contribution in [0.25, 0.3) is 0 Å². The third-order valence-electron chi connectivity index (χ3n) is 2.57. The molecule has 6 heteroatoms. The lowest BCUT2D eigenvalue weighted by molar-refractivity contribution is -0.120. The van der Waals surface area contributed by atoms with Crippen LogP contribution in [0.4, 0.5) is 15.8 Å². The molecule has 0 aliphatic rings. The molecule has 0 unspecified atom stereocenters. The van der Waals surface area contributed by atoms with Crippen molar-refractivity contribution < 1.29 is 13.9 Å². The van der Waals surface area contributed by atoms with Gasteiger partial charge >= 0.3 is 0 Å². The second kappa shape index (κ2) is 7.02. The van der Waals surface area contributed by atoms with Gasteiger partial charge in [-0.15, -0.1) is 11.3 Å². The molecular weight excluding hydrogens is 279 g/mol. The first-order valence-corrected chi connectivity index (χ1v) is 6.98. The Hall–Kier alpha value is -1.92. The van der Waals surface area contributed by atoms with Crippen LogP contribution >= 0.6 is 11.3 Å². The van der Waals surface area contributed by atoms with E-state index in [2.05, 4.69) is 5.32 Å². The number of hydrogen-bond donors (Lipinski definition) is 2. The fourth-order valence-corrected chi connectivity index (χ4v) is 2.31. The fraction of sp³-hybridized carbons (Fsp3) is 0.214. The first-order chi connectivity index (χ1) is 9.65. The summed E-state index contributed by atoms with van der Waals surface area (Å²) >= 11 is 1.64. The Morgan fingerprint density at radius 1 is 1.40 bits per heavy atom. The van der Waals surface area contributed by atoms with E-state index in [9.17, 15) is 9.18 Å². The highest BCUT2D eigenvalue weighted by Gasteiger charge is 2.07. The highest BCUT2D eigenvalue weighted by Crippen LogP contribution is 2.17. The molecule has 0 aliphatic carbocycles. The zero-order valence-electron chi connectivity index (χ0n) is 10.8. The predicted octanol–water partition coefficient (Wildman–Crippen LogP) is 2.67. The summed E-state index contributed by atoms with van der Waals surface area (Å²) < 4.78 is 18.6. The number of rotatable bonds is 6. The van der Waals surface area contributed by atoms with Crippen molar-refractivity contribution in [3.8, 4) is 0 Å². The summed E-state index contributed by atoms with van der Waals surface area (Å²) in [5.74, 6) is -0.924. The number of nitrogens with one attached hydrogen (secondary N) is 1. The molecule has 0 spiro atoms. The van der Waals surface area contributed by atoms with Crippen LogP contribution in [0.1, 0.15) is 4.88 Å². The number of anilines is 2. The average Bonchev–Trinajstić information content (AvgIpc) is 2.92. The lowest BCUT2D eigenvalue weighted by Crippen LogP contribution is -2.19. The Bertz CT molecular complexity index is 573. The molecule has 0 radical (unpaired) electrons. The van der Waals surface area contributed by atoms with Gasteiger partial charge in [-0.1, -0.05) is 6.07 Å². The molecule has 1 aromatic heterocycles. The molecule has 0 saturated carbocycles. The first-order valence-electron chi connectivity index (χ1n) is 6.10. The van der Waals surface area contributed by atoms with Gasteiger partial charge in [-0.2, -0.15) is 0 Å². The number of hydrogen-bond acceptors (Lipinski definition) is 4. The Labute approximate surface area is 120 Å². The number of amides is 1. The maximum atomic E-state index is 13.4. The minimum atomic E-state index is -0.522. The van der Waals surface area contributed by atoms with E-state index in [0.29, 0.717) is 12.3 Å². The SMILES string of the molecule is Nc1ccc(F)c(NC(=O)COCCc2cccs2)c1. The van der Waals surface area contributed by atoms with E-state index < -0.39 is 11.7 Å². The highest BCUT2D eigenvalue weighted by atomic mass is 32.1. The third-order valence-corrected chi connectivity index (χ3v) is 3.51. The van der Waals surface area contributed by atoms with Crippen molar-refractivity contribution in [2.24, 2.45) is 0 Å². The topological polar surface area (TPSA) is 64.3 Å². The lowest BCUT2D eigenvalue weighted by Gasteiger charge is -2.07. The van der Waals surface area contributed by atoms with Crippen LogP contribution in [0.15, 0.2) is 35.7 Å². The molecule has 0 fully saturated rings. The Morgan fingerprint density at radius 2 is 2.25 bits per heavy atom. The van der Waals surface area contributed by atoms with Crippen LogP contribution in [0, 0.1) is 5.82 Å². The summed E-state index contributed by atoms with van der Waals surface area (Å²) in [5.41, 5.74) is 5.99. The van der Waals surface area contributed by atoms with Gasteiger partial charge in [0.2, 0.25) is 5.91 Å². The fourth-order valence-electron chi connectivity index (χ4n) is 1.62. The Kier molecular flexibility index (Phi) is 5.09. The smallest absolute Gasteiger partial charge is 0.250 e. The second-order valence-electron chi connectivity index (χ2n) is 4.17. The number of carbonyl (C=O) groups excluding carboxylic acids is 1. The molecule has 2 rings (SSSR count). The van der Waals surface area contributed by atoms with Gasteiger partial charge in [-0.05, 0) is 29.6 Å². The van der Waals surface area contributed by atoms with Gasteiger partial charge in [0.25, 0.3) is 0 Å². The van der Waals surface area contributed by atoms with Crippen LogP contribution in [-0.2, 0) is 16.0 Å². The van der Waals surface area contributed by atoms with Crippen molar-refractivity contribution in [2.45, 2.75) is 6.42 Å². The lowest BCUT2D eigenvalue weighted by atomic mass is 10.2. The van der Waals surface area contributed by atoms with Crippen LogP contribution in [0.2, 0.25) is 0 Å². The average molecular weight is 294 g/mol. The molecule has 0 bridgehead atoms. The van der Waals surface area contributed by atoms with E-state index in [1.54, 1.807) is 11.3 Å². The second-order valence-corrected chi connectivity index (χ2v) is 5.20.